The smallest absolute Gasteiger partial charge is 0.251 e. The second-order valence-corrected chi connectivity index (χ2v) is 7.06. The zero-order valence-electron chi connectivity index (χ0n) is 12.5. The molecule has 5 nitrogen and oxygen atoms in total. The fraction of sp³-hybridized carbons (Fsp3) is 0.250. The van der Waals surface area contributed by atoms with Crippen LogP contribution in [-0.2, 0) is 16.3 Å². The Hall–Kier alpha value is -2.21. The minimum atomic E-state index is -3.34. The van der Waals surface area contributed by atoms with E-state index in [0.29, 0.717) is 24.1 Å². The molecule has 1 aromatic carbocycles. The molecule has 2 aromatic rings. The zero-order valence-corrected chi connectivity index (χ0v) is 13.4. The molecule has 0 radical (unpaired) electrons. The normalized spacial score (nSPS) is 11.2. The van der Waals surface area contributed by atoms with Crippen molar-refractivity contribution in [2.24, 2.45) is 0 Å². The molecule has 1 heterocycles. The van der Waals surface area contributed by atoms with Crippen molar-refractivity contribution in [1.29, 1.82) is 0 Å². The number of hydrogen-bond donors (Lipinski definition) is 1. The summed E-state index contributed by atoms with van der Waals surface area (Å²) in [6, 6.07) is 10.3. The van der Waals surface area contributed by atoms with Crippen molar-refractivity contribution in [3.8, 4) is 0 Å². The summed E-state index contributed by atoms with van der Waals surface area (Å²) in [4.78, 5) is 16.5. The van der Waals surface area contributed by atoms with Crippen molar-refractivity contribution >= 4 is 15.7 Å². The molecule has 0 fully saturated rings. The van der Waals surface area contributed by atoms with Crippen molar-refractivity contribution in [3.63, 3.8) is 0 Å². The number of amides is 1. The van der Waals surface area contributed by atoms with E-state index >= 15 is 0 Å². The Morgan fingerprint density at radius 1 is 1.23 bits per heavy atom. The molecule has 0 aliphatic rings. The first-order valence-electron chi connectivity index (χ1n) is 6.87. The highest BCUT2D eigenvalue weighted by Gasteiger charge is 2.14. The van der Waals surface area contributed by atoms with Gasteiger partial charge >= 0.3 is 0 Å². The maximum Gasteiger partial charge on any atom is 0.251 e. The molecular formula is C16H18N2O3S. The van der Waals surface area contributed by atoms with E-state index in [-0.39, 0.29) is 10.8 Å². The van der Waals surface area contributed by atoms with Gasteiger partial charge in [-0.2, -0.15) is 0 Å². The van der Waals surface area contributed by atoms with Gasteiger partial charge in [0, 0.05) is 36.7 Å². The summed E-state index contributed by atoms with van der Waals surface area (Å²) >= 11 is 0. The molecule has 0 saturated heterocycles. The van der Waals surface area contributed by atoms with Crippen molar-refractivity contribution in [3.05, 3.63) is 59.4 Å². The van der Waals surface area contributed by atoms with E-state index in [1.165, 1.54) is 6.07 Å². The third kappa shape index (κ3) is 4.14. The maximum atomic E-state index is 12.1. The summed E-state index contributed by atoms with van der Waals surface area (Å²) in [6.07, 6.45) is 3.46. The lowest BCUT2D eigenvalue weighted by Gasteiger charge is -2.08. The average Bonchev–Trinajstić information content (AvgIpc) is 2.47. The maximum absolute atomic E-state index is 12.1. The Morgan fingerprint density at radius 3 is 2.64 bits per heavy atom. The lowest BCUT2D eigenvalue weighted by molar-refractivity contribution is 0.0954. The lowest BCUT2D eigenvalue weighted by Crippen LogP contribution is -2.26. The molecule has 0 aliphatic carbocycles. The van der Waals surface area contributed by atoms with E-state index in [1.54, 1.807) is 25.3 Å². The zero-order chi connectivity index (χ0) is 16.2. The molecule has 1 amide bonds. The first kappa shape index (κ1) is 16.2. The van der Waals surface area contributed by atoms with Crippen molar-refractivity contribution in [2.45, 2.75) is 18.2 Å². The number of carbonyl (C=O) groups is 1. The summed E-state index contributed by atoms with van der Waals surface area (Å²) < 4.78 is 23.4. The number of nitrogens with one attached hydrogen (secondary N) is 1. The minimum Gasteiger partial charge on any atom is -0.352 e. The Balaban J connectivity index is 2.04. The fourth-order valence-corrected chi connectivity index (χ4v) is 3.09. The molecule has 6 heteroatoms. The summed E-state index contributed by atoms with van der Waals surface area (Å²) in [5.74, 6) is -0.291. The largest absolute Gasteiger partial charge is 0.352 e. The van der Waals surface area contributed by atoms with E-state index in [0.717, 1.165) is 11.9 Å². The molecule has 22 heavy (non-hydrogen) atoms. The highest BCUT2D eigenvalue weighted by atomic mass is 32.2. The van der Waals surface area contributed by atoms with Gasteiger partial charge in [-0.05, 0) is 36.8 Å². The number of nitrogens with zero attached hydrogens (tertiary/aromatic N) is 1. The summed E-state index contributed by atoms with van der Waals surface area (Å²) in [5, 5.41) is 2.77. The van der Waals surface area contributed by atoms with Crippen molar-refractivity contribution in [2.75, 3.05) is 12.8 Å². The number of sulfone groups is 1. The topological polar surface area (TPSA) is 76.1 Å². The van der Waals surface area contributed by atoms with Gasteiger partial charge in [0.15, 0.2) is 9.84 Å². The van der Waals surface area contributed by atoms with E-state index in [4.69, 9.17) is 0 Å². The van der Waals surface area contributed by atoms with Crippen LogP contribution in [0.25, 0.3) is 0 Å². The van der Waals surface area contributed by atoms with Gasteiger partial charge < -0.3 is 5.32 Å². The average molecular weight is 318 g/mol. The van der Waals surface area contributed by atoms with Crippen LogP contribution in [0.5, 0.6) is 0 Å². The van der Waals surface area contributed by atoms with Gasteiger partial charge in [0.05, 0.1) is 4.90 Å². The van der Waals surface area contributed by atoms with Gasteiger partial charge in [-0.25, -0.2) is 8.42 Å². The standard InChI is InChI=1S/C16H18N2O3S/c1-12-6-7-13(11-15(12)22(2,20)21)16(19)18-10-8-14-5-3-4-9-17-14/h3-7,9,11H,8,10H2,1-2H3,(H,18,19). The molecule has 116 valence electrons. The van der Waals surface area contributed by atoms with Crippen LogP contribution >= 0.6 is 0 Å². The molecule has 0 bridgehead atoms. The van der Waals surface area contributed by atoms with Crippen LogP contribution in [-0.4, -0.2) is 32.1 Å². The Bertz CT molecular complexity index is 771. The van der Waals surface area contributed by atoms with Crippen LogP contribution in [0.3, 0.4) is 0 Å². The van der Waals surface area contributed by atoms with Crippen LogP contribution in [0.15, 0.2) is 47.5 Å². The monoisotopic (exact) mass is 318 g/mol. The van der Waals surface area contributed by atoms with Gasteiger partial charge in [0.25, 0.3) is 5.91 Å². The fourth-order valence-electron chi connectivity index (χ4n) is 2.09. The van der Waals surface area contributed by atoms with E-state index in [9.17, 15) is 13.2 Å². The second kappa shape index (κ2) is 6.70. The van der Waals surface area contributed by atoms with Gasteiger partial charge in [-0.3, -0.25) is 9.78 Å². The number of pyridine rings is 1. The van der Waals surface area contributed by atoms with Crippen LogP contribution in [0.4, 0.5) is 0 Å². The molecule has 1 aromatic heterocycles. The Morgan fingerprint density at radius 2 is 2.00 bits per heavy atom. The summed E-state index contributed by atoms with van der Waals surface area (Å²) in [5.41, 5.74) is 1.86. The number of aryl methyl sites for hydroxylation is 1. The molecular weight excluding hydrogens is 300 g/mol. The lowest BCUT2D eigenvalue weighted by atomic mass is 10.1. The number of carbonyl (C=O) groups excluding carboxylic acids is 1. The SMILES string of the molecule is Cc1ccc(C(=O)NCCc2ccccn2)cc1S(C)(=O)=O. The van der Waals surface area contributed by atoms with Crippen LogP contribution in [0.2, 0.25) is 0 Å². The van der Waals surface area contributed by atoms with E-state index in [2.05, 4.69) is 10.3 Å². The third-order valence-electron chi connectivity index (χ3n) is 3.24. The van der Waals surface area contributed by atoms with Crippen LogP contribution in [0.1, 0.15) is 21.6 Å². The minimum absolute atomic E-state index is 0.185. The van der Waals surface area contributed by atoms with Crippen LogP contribution < -0.4 is 5.32 Å². The molecule has 2 rings (SSSR count). The van der Waals surface area contributed by atoms with Crippen LogP contribution in [0, 0.1) is 6.92 Å². The molecule has 0 spiro atoms. The first-order chi connectivity index (χ1) is 10.4. The quantitative estimate of drug-likeness (QED) is 0.911. The van der Waals surface area contributed by atoms with Crippen molar-refractivity contribution < 1.29 is 13.2 Å². The number of hydrogen-bond acceptors (Lipinski definition) is 4. The number of benzene rings is 1. The Labute approximate surface area is 130 Å². The van der Waals surface area contributed by atoms with Gasteiger partial charge in [-0.1, -0.05) is 12.1 Å². The molecule has 0 aliphatic heterocycles. The second-order valence-electron chi connectivity index (χ2n) is 5.08. The first-order valence-corrected chi connectivity index (χ1v) is 8.76. The predicted octanol–water partition coefficient (Wildman–Crippen LogP) is 1.77. The van der Waals surface area contributed by atoms with Gasteiger partial charge in [0.2, 0.25) is 0 Å². The number of aromatic nitrogens is 1. The van der Waals surface area contributed by atoms with Crippen molar-refractivity contribution in [1.82, 2.24) is 10.3 Å². The van der Waals surface area contributed by atoms with E-state index < -0.39 is 9.84 Å². The molecule has 1 N–H and O–H groups in total. The predicted molar refractivity (Wildman–Crippen MR) is 84.6 cm³/mol. The third-order valence-corrected chi connectivity index (χ3v) is 4.48. The highest BCUT2D eigenvalue weighted by molar-refractivity contribution is 7.90. The summed E-state index contributed by atoms with van der Waals surface area (Å²) in [6.45, 7) is 2.15. The van der Waals surface area contributed by atoms with Gasteiger partial charge in [-0.15, -0.1) is 0 Å². The number of rotatable bonds is 5. The van der Waals surface area contributed by atoms with Gasteiger partial charge in [0.1, 0.15) is 0 Å². The molecule has 0 unspecified atom stereocenters. The van der Waals surface area contributed by atoms with E-state index in [1.807, 2.05) is 18.2 Å². The summed E-state index contributed by atoms with van der Waals surface area (Å²) in [7, 11) is -3.34. The molecule has 0 saturated carbocycles. The highest BCUT2D eigenvalue weighted by Crippen LogP contribution is 2.16. The molecule has 0 atom stereocenters. The Kier molecular flexibility index (Phi) is 4.92.